The Hall–Kier alpha value is -2.00. The van der Waals surface area contributed by atoms with Gasteiger partial charge in [0.15, 0.2) is 11.5 Å². The maximum atomic E-state index is 6.41. The van der Waals surface area contributed by atoms with Crippen LogP contribution in [-0.4, -0.2) is 19.3 Å². The molecule has 1 fully saturated rings. The highest BCUT2D eigenvalue weighted by Gasteiger charge is 2.27. The summed E-state index contributed by atoms with van der Waals surface area (Å²) >= 11 is 0. The molecule has 1 saturated heterocycles. The fourth-order valence-electron chi connectivity index (χ4n) is 4.50. The lowest BCUT2D eigenvalue weighted by Crippen LogP contribution is -2.26. The molecule has 150 valence electrons. The Morgan fingerprint density at radius 1 is 0.893 bits per heavy atom. The van der Waals surface area contributed by atoms with E-state index in [2.05, 4.69) is 51.1 Å². The second kappa shape index (κ2) is 8.57. The molecular formula is C25H32O3. The molecule has 0 spiro atoms. The number of rotatable bonds is 5. The van der Waals surface area contributed by atoms with Gasteiger partial charge in [0.1, 0.15) is 13.2 Å². The number of hydrogen-bond donors (Lipinski definition) is 0. The quantitative estimate of drug-likeness (QED) is 0.648. The van der Waals surface area contributed by atoms with Gasteiger partial charge in [0.05, 0.1) is 12.2 Å². The molecule has 4 rings (SSSR count). The van der Waals surface area contributed by atoms with E-state index < -0.39 is 0 Å². The summed E-state index contributed by atoms with van der Waals surface area (Å²) in [6, 6.07) is 13.3. The lowest BCUT2D eigenvalue weighted by atomic mass is 9.87. The van der Waals surface area contributed by atoms with Crippen molar-refractivity contribution in [2.45, 2.75) is 65.1 Å². The lowest BCUT2D eigenvalue weighted by Gasteiger charge is -2.34. The van der Waals surface area contributed by atoms with Gasteiger partial charge >= 0.3 is 0 Å². The van der Waals surface area contributed by atoms with Gasteiger partial charge in [0.2, 0.25) is 0 Å². The van der Waals surface area contributed by atoms with E-state index in [0.717, 1.165) is 43.1 Å². The van der Waals surface area contributed by atoms with E-state index in [9.17, 15) is 0 Å². The summed E-state index contributed by atoms with van der Waals surface area (Å²) in [5, 5.41) is 0. The Morgan fingerprint density at radius 3 is 2.50 bits per heavy atom. The first kappa shape index (κ1) is 19.3. The molecule has 0 unspecified atom stereocenters. The SMILES string of the molecule is CCc1ccc([C@H]2C[C@@H](C)C[C@@H](CC)O2)cc1Cc1ccc2c(c1)OCCO2. The van der Waals surface area contributed by atoms with Crippen LogP contribution in [0, 0.1) is 5.92 Å². The second-order valence-electron chi connectivity index (χ2n) is 8.27. The number of benzene rings is 2. The fourth-order valence-corrected chi connectivity index (χ4v) is 4.50. The van der Waals surface area contributed by atoms with Crippen molar-refractivity contribution in [3.8, 4) is 11.5 Å². The van der Waals surface area contributed by atoms with Crippen LogP contribution in [0.5, 0.6) is 11.5 Å². The van der Waals surface area contributed by atoms with Crippen LogP contribution >= 0.6 is 0 Å². The highest BCUT2D eigenvalue weighted by Crippen LogP contribution is 2.37. The van der Waals surface area contributed by atoms with Crippen LogP contribution in [0.3, 0.4) is 0 Å². The summed E-state index contributed by atoms with van der Waals surface area (Å²) in [7, 11) is 0. The minimum Gasteiger partial charge on any atom is -0.486 e. The topological polar surface area (TPSA) is 27.7 Å². The third kappa shape index (κ3) is 4.20. The minimum atomic E-state index is 0.221. The normalized spacial score (nSPS) is 24.2. The van der Waals surface area contributed by atoms with Crippen LogP contribution in [0.15, 0.2) is 36.4 Å². The van der Waals surface area contributed by atoms with Crippen molar-refractivity contribution in [1.82, 2.24) is 0 Å². The zero-order valence-electron chi connectivity index (χ0n) is 17.4. The van der Waals surface area contributed by atoms with E-state index in [-0.39, 0.29) is 6.10 Å². The maximum absolute atomic E-state index is 6.41. The van der Waals surface area contributed by atoms with Crippen LogP contribution in [0.4, 0.5) is 0 Å². The predicted octanol–water partition coefficient (Wildman–Crippen LogP) is 5.88. The third-order valence-corrected chi connectivity index (χ3v) is 6.08. The molecule has 0 amide bonds. The molecule has 0 aliphatic carbocycles. The molecule has 3 heteroatoms. The zero-order chi connectivity index (χ0) is 19.5. The van der Waals surface area contributed by atoms with Crippen molar-refractivity contribution in [3.05, 3.63) is 58.7 Å². The van der Waals surface area contributed by atoms with Crippen molar-refractivity contribution in [2.24, 2.45) is 5.92 Å². The molecular weight excluding hydrogens is 348 g/mol. The number of fused-ring (bicyclic) bond motifs is 1. The van der Waals surface area contributed by atoms with Gasteiger partial charge in [-0.15, -0.1) is 0 Å². The van der Waals surface area contributed by atoms with E-state index >= 15 is 0 Å². The standard InChI is InChI=1S/C25H32O3/c1-4-19-7-8-20(24-13-17(3)12-22(5-2)28-24)16-21(19)14-18-6-9-23-25(15-18)27-11-10-26-23/h6-9,15-17,22,24H,4-5,10-14H2,1-3H3/t17-,22+,24+/m0/s1. The van der Waals surface area contributed by atoms with Gasteiger partial charge < -0.3 is 14.2 Å². The summed E-state index contributed by atoms with van der Waals surface area (Å²) in [6.45, 7) is 8.07. The largest absolute Gasteiger partial charge is 0.486 e. The average molecular weight is 381 g/mol. The summed E-state index contributed by atoms with van der Waals surface area (Å²) in [4.78, 5) is 0. The summed E-state index contributed by atoms with van der Waals surface area (Å²) < 4.78 is 17.8. The Bertz CT molecular complexity index is 813. The Labute approximate surface area is 169 Å². The van der Waals surface area contributed by atoms with Crippen molar-refractivity contribution in [2.75, 3.05) is 13.2 Å². The Kier molecular flexibility index (Phi) is 5.91. The van der Waals surface area contributed by atoms with Gasteiger partial charge in [0, 0.05) is 0 Å². The van der Waals surface area contributed by atoms with Crippen LogP contribution in [-0.2, 0) is 17.6 Å². The lowest BCUT2D eigenvalue weighted by molar-refractivity contribution is -0.0709. The zero-order valence-corrected chi connectivity index (χ0v) is 17.4. The van der Waals surface area contributed by atoms with E-state index in [1.807, 2.05) is 6.07 Å². The highest BCUT2D eigenvalue weighted by molar-refractivity contribution is 5.46. The average Bonchev–Trinajstić information content (AvgIpc) is 2.73. The van der Waals surface area contributed by atoms with Gasteiger partial charge in [-0.05, 0) is 72.4 Å². The molecule has 2 aromatic rings. The molecule has 2 aromatic carbocycles. The molecule has 2 heterocycles. The first-order chi connectivity index (χ1) is 13.7. The third-order valence-electron chi connectivity index (χ3n) is 6.08. The van der Waals surface area contributed by atoms with Gasteiger partial charge in [-0.1, -0.05) is 45.0 Å². The van der Waals surface area contributed by atoms with Crippen molar-refractivity contribution in [1.29, 1.82) is 0 Å². The molecule has 0 radical (unpaired) electrons. The molecule has 28 heavy (non-hydrogen) atoms. The Morgan fingerprint density at radius 2 is 1.71 bits per heavy atom. The first-order valence-electron chi connectivity index (χ1n) is 10.8. The van der Waals surface area contributed by atoms with Crippen LogP contribution < -0.4 is 9.47 Å². The molecule has 0 bridgehead atoms. The minimum absolute atomic E-state index is 0.221. The number of hydrogen-bond acceptors (Lipinski definition) is 3. The summed E-state index contributed by atoms with van der Waals surface area (Å²) in [5.74, 6) is 2.44. The van der Waals surface area contributed by atoms with Gasteiger partial charge in [-0.25, -0.2) is 0 Å². The second-order valence-corrected chi connectivity index (χ2v) is 8.27. The van der Waals surface area contributed by atoms with Crippen molar-refractivity contribution >= 4 is 0 Å². The van der Waals surface area contributed by atoms with E-state index in [1.54, 1.807) is 0 Å². The van der Waals surface area contributed by atoms with Gasteiger partial charge in [-0.2, -0.15) is 0 Å². The van der Waals surface area contributed by atoms with E-state index in [1.165, 1.54) is 28.7 Å². The smallest absolute Gasteiger partial charge is 0.161 e. The molecule has 3 nitrogen and oxygen atoms in total. The molecule has 3 atom stereocenters. The number of aryl methyl sites for hydroxylation is 1. The van der Waals surface area contributed by atoms with Crippen molar-refractivity contribution in [3.63, 3.8) is 0 Å². The van der Waals surface area contributed by atoms with Crippen LogP contribution in [0.2, 0.25) is 0 Å². The maximum Gasteiger partial charge on any atom is 0.161 e. The predicted molar refractivity (Wildman–Crippen MR) is 112 cm³/mol. The van der Waals surface area contributed by atoms with Crippen molar-refractivity contribution < 1.29 is 14.2 Å². The van der Waals surface area contributed by atoms with Crippen LogP contribution in [0.25, 0.3) is 0 Å². The first-order valence-corrected chi connectivity index (χ1v) is 10.8. The number of ether oxygens (including phenoxy) is 3. The Balaban J connectivity index is 1.59. The van der Waals surface area contributed by atoms with E-state index in [4.69, 9.17) is 14.2 Å². The van der Waals surface area contributed by atoms with Crippen LogP contribution in [0.1, 0.15) is 68.4 Å². The van der Waals surface area contributed by atoms with Gasteiger partial charge in [-0.3, -0.25) is 0 Å². The molecule has 0 aromatic heterocycles. The molecule has 2 aliphatic heterocycles. The monoisotopic (exact) mass is 380 g/mol. The fraction of sp³-hybridized carbons (Fsp3) is 0.520. The molecule has 0 saturated carbocycles. The summed E-state index contributed by atoms with van der Waals surface area (Å²) in [6.07, 6.45) is 5.96. The molecule has 2 aliphatic rings. The highest BCUT2D eigenvalue weighted by atomic mass is 16.6. The summed E-state index contributed by atoms with van der Waals surface area (Å²) in [5.41, 5.74) is 5.40. The molecule has 0 N–H and O–H groups in total. The van der Waals surface area contributed by atoms with Gasteiger partial charge in [0.25, 0.3) is 0 Å². The van der Waals surface area contributed by atoms with E-state index in [0.29, 0.717) is 19.3 Å².